The summed E-state index contributed by atoms with van der Waals surface area (Å²) in [5.41, 5.74) is 1.57. The van der Waals surface area contributed by atoms with Crippen LogP contribution in [0.4, 0.5) is 0 Å². The van der Waals surface area contributed by atoms with Crippen molar-refractivity contribution in [3.63, 3.8) is 0 Å². The summed E-state index contributed by atoms with van der Waals surface area (Å²) in [6.07, 6.45) is 5.50. The summed E-state index contributed by atoms with van der Waals surface area (Å²) in [4.78, 5) is 12.0. The first-order valence-electron chi connectivity index (χ1n) is 8.21. The molecule has 0 aliphatic rings. The normalized spacial score (nSPS) is 11.5. The molecule has 0 saturated heterocycles. The summed E-state index contributed by atoms with van der Waals surface area (Å²) < 4.78 is 4.85. The van der Waals surface area contributed by atoms with Gasteiger partial charge < -0.3 is 5.11 Å². The van der Waals surface area contributed by atoms with E-state index in [-0.39, 0.29) is 0 Å². The molecule has 118 valence electrons. The van der Waals surface area contributed by atoms with Gasteiger partial charge in [-0.3, -0.25) is 0 Å². The second kappa shape index (κ2) is 6.70. The third-order valence-corrected chi connectivity index (χ3v) is 6.57. The molecule has 0 radical (unpaired) electrons. The molecule has 3 aromatic rings. The van der Waals surface area contributed by atoms with E-state index < -0.39 is 5.97 Å². The first kappa shape index (κ1) is 16.6. The van der Waals surface area contributed by atoms with Gasteiger partial charge in [-0.1, -0.05) is 26.2 Å². The molecular formula is C17H20B2O2S2. The quantitative estimate of drug-likeness (QED) is 0.552. The third-order valence-electron chi connectivity index (χ3n) is 4.31. The molecule has 0 fully saturated rings. The average molecular weight is 342 g/mol. The third kappa shape index (κ3) is 3.07. The van der Waals surface area contributed by atoms with Crippen molar-refractivity contribution in [2.24, 2.45) is 0 Å². The largest absolute Gasteiger partial charge is 0.478 e. The molecule has 2 aromatic heterocycles. The molecule has 1 N–H and O–H groups in total. The molecule has 2 heterocycles. The highest BCUT2D eigenvalue weighted by Crippen LogP contribution is 2.38. The summed E-state index contributed by atoms with van der Waals surface area (Å²) in [7, 11) is 4.17. The topological polar surface area (TPSA) is 37.3 Å². The second-order valence-electron chi connectivity index (χ2n) is 6.17. The Morgan fingerprint density at radius 1 is 1.04 bits per heavy atom. The van der Waals surface area contributed by atoms with Crippen LogP contribution < -0.4 is 9.55 Å². The van der Waals surface area contributed by atoms with Crippen LogP contribution in [0, 0.1) is 0 Å². The fourth-order valence-corrected chi connectivity index (χ4v) is 5.52. The van der Waals surface area contributed by atoms with Crippen molar-refractivity contribution in [3.05, 3.63) is 23.3 Å². The van der Waals surface area contributed by atoms with Crippen molar-refractivity contribution in [2.45, 2.75) is 39.0 Å². The van der Waals surface area contributed by atoms with Gasteiger partial charge in [-0.15, -0.1) is 22.7 Å². The number of aryl methyl sites for hydroxylation is 1. The number of hydrogen-bond acceptors (Lipinski definition) is 3. The van der Waals surface area contributed by atoms with Gasteiger partial charge in [0.05, 0.1) is 15.0 Å². The lowest BCUT2D eigenvalue weighted by Crippen LogP contribution is -2.04. The molecule has 1 aromatic carbocycles. The number of fused-ring (bicyclic) bond motifs is 3. The van der Waals surface area contributed by atoms with Crippen LogP contribution in [0.2, 0.25) is 0 Å². The predicted octanol–water partition coefficient (Wildman–Crippen LogP) is 2.45. The number of hydrogen-bond donors (Lipinski definition) is 1. The maximum absolute atomic E-state index is 12.0. The Hall–Kier alpha value is -1.26. The Morgan fingerprint density at radius 3 is 2.26 bits per heavy atom. The van der Waals surface area contributed by atoms with Crippen molar-refractivity contribution in [3.8, 4) is 0 Å². The molecule has 3 rings (SSSR count). The van der Waals surface area contributed by atoms with Gasteiger partial charge in [0.2, 0.25) is 0 Å². The van der Waals surface area contributed by atoms with Gasteiger partial charge in [0.15, 0.2) is 15.7 Å². The fraction of sp³-hybridized carbons (Fsp3) is 0.353. The summed E-state index contributed by atoms with van der Waals surface area (Å²) in [5.74, 6) is -0.788. The zero-order chi connectivity index (χ0) is 16.6. The lowest BCUT2D eigenvalue weighted by Gasteiger charge is -2.10. The Bertz CT molecular complexity index is 880. The minimum atomic E-state index is -0.788. The van der Waals surface area contributed by atoms with Crippen molar-refractivity contribution in [2.75, 3.05) is 0 Å². The van der Waals surface area contributed by atoms with Gasteiger partial charge in [0.25, 0.3) is 0 Å². The van der Waals surface area contributed by atoms with E-state index >= 15 is 0 Å². The maximum Gasteiger partial charge on any atom is 0.336 e. The molecular weight excluding hydrogens is 322 g/mol. The molecule has 0 unspecified atom stereocenters. The smallest absolute Gasteiger partial charge is 0.336 e. The number of carboxylic acid groups (broad SMARTS) is 1. The highest BCUT2D eigenvalue weighted by molar-refractivity contribution is 7.33. The van der Waals surface area contributed by atoms with E-state index in [4.69, 9.17) is 0 Å². The highest BCUT2D eigenvalue weighted by Gasteiger charge is 2.21. The number of unbranched alkanes of at least 4 members (excludes halogenated alkanes) is 3. The van der Waals surface area contributed by atoms with Crippen LogP contribution in [-0.2, 0) is 6.42 Å². The average Bonchev–Trinajstić information content (AvgIpc) is 3.04. The van der Waals surface area contributed by atoms with Crippen molar-refractivity contribution in [1.82, 2.24) is 0 Å². The molecule has 0 saturated carbocycles. The van der Waals surface area contributed by atoms with Gasteiger partial charge in [-0.2, -0.15) is 0 Å². The molecule has 0 aliphatic heterocycles. The Morgan fingerprint density at radius 2 is 1.65 bits per heavy atom. The number of carboxylic acids is 1. The first-order chi connectivity index (χ1) is 11.0. The molecule has 0 bridgehead atoms. The van der Waals surface area contributed by atoms with E-state index in [1.807, 2.05) is 6.07 Å². The van der Waals surface area contributed by atoms with E-state index in [1.54, 1.807) is 22.7 Å². The summed E-state index contributed by atoms with van der Waals surface area (Å²) in [5, 5.41) is 11.9. The fourth-order valence-electron chi connectivity index (χ4n) is 3.31. The van der Waals surface area contributed by atoms with Crippen LogP contribution in [-0.4, -0.2) is 26.8 Å². The number of rotatable bonds is 6. The van der Waals surface area contributed by atoms with Gasteiger partial charge in [-0.25, -0.2) is 4.79 Å². The lowest BCUT2D eigenvalue weighted by molar-refractivity contribution is 0.0698. The molecule has 0 spiro atoms. The number of aromatic carboxylic acids is 1. The van der Waals surface area contributed by atoms with Crippen LogP contribution in [0.5, 0.6) is 0 Å². The Balaban J connectivity index is 2.23. The monoisotopic (exact) mass is 342 g/mol. The summed E-state index contributed by atoms with van der Waals surface area (Å²) in [6, 6.07) is 4.23. The van der Waals surface area contributed by atoms with Crippen molar-refractivity contribution < 1.29 is 9.90 Å². The summed E-state index contributed by atoms with van der Waals surface area (Å²) >= 11 is 3.51. The van der Waals surface area contributed by atoms with Gasteiger partial charge in [0.1, 0.15) is 0 Å². The van der Waals surface area contributed by atoms with E-state index in [1.165, 1.54) is 33.5 Å². The van der Waals surface area contributed by atoms with Gasteiger partial charge in [-0.05, 0) is 45.5 Å². The van der Waals surface area contributed by atoms with E-state index in [2.05, 4.69) is 28.7 Å². The standard InChI is InChI=1S/C17H20B2O2S2/c1-2-3-4-5-6-9-10-7-12(18)22-15(10)16-11(8-13(19)23-16)14(9)17(20)21/h7-8H,2-6,18-19H2,1H3,(H,20,21). The van der Waals surface area contributed by atoms with E-state index in [9.17, 15) is 9.90 Å². The maximum atomic E-state index is 12.0. The van der Waals surface area contributed by atoms with E-state index in [0.29, 0.717) is 5.56 Å². The molecule has 2 nitrogen and oxygen atoms in total. The molecule has 6 heteroatoms. The van der Waals surface area contributed by atoms with Gasteiger partial charge in [0, 0.05) is 5.39 Å². The van der Waals surface area contributed by atoms with Crippen LogP contribution in [0.25, 0.3) is 20.2 Å². The number of carbonyl (C=O) groups is 1. The first-order valence-corrected chi connectivity index (χ1v) is 9.84. The Kier molecular flexibility index (Phi) is 4.83. The summed E-state index contributed by atoms with van der Waals surface area (Å²) in [6.45, 7) is 2.20. The zero-order valence-corrected chi connectivity index (χ0v) is 15.5. The van der Waals surface area contributed by atoms with Crippen molar-refractivity contribution >= 4 is 74.1 Å². The van der Waals surface area contributed by atoms with E-state index in [0.717, 1.165) is 33.9 Å². The predicted molar refractivity (Wildman–Crippen MR) is 108 cm³/mol. The SMILES string of the molecule is Bc1cc2c(CCCCCC)c(C(=O)O)c3cc(B)sc3c2s1. The molecule has 0 atom stereocenters. The second-order valence-corrected chi connectivity index (χ2v) is 8.68. The highest BCUT2D eigenvalue weighted by atomic mass is 32.1. The van der Waals surface area contributed by atoms with Gasteiger partial charge >= 0.3 is 5.97 Å². The molecule has 23 heavy (non-hydrogen) atoms. The molecule has 0 amide bonds. The molecule has 0 aliphatic carbocycles. The van der Waals surface area contributed by atoms with Crippen LogP contribution in [0.3, 0.4) is 0 Å². The minimum Gasteiger partial charge on any atom is -0.478 e. The Labute approximate surface area is 146 Å². The lowest BCUT2D eigenvalue weighted by atomic mass is 9.93. The van der Waals surface area contributed by atoms with Crippen molar-refractivity contribution in [1.29, 1.82) is 0 Å². The number of thiophene rings is 2. The van der Waals surface area contributed by atoms with Crippen LogP contribution >= 0.6 is 22.7 Å². The number of benzene rings is 1. The van der Waals surface area contributed by atoms with Crippen LogP contribution in [0.15, 0.2) is 12.1 Å². The van der Waals surface area contributed by atoms with Crippen LogP contribution in [0.1, 0.15) is 48.5 Å². The minimum absolute atomic E-state index is 0.533. The zero-order valence-electron chi connectivity index (χ0n) is 13.9.